The number of amides is 2. The predicted molar refractivity (Wildman–Crippen MR) is 70.8 cm³/mol. The molecule has 4 heteroatoms. The Hall–Kier alpha value is -0.770. The van der Waals surface area contributed by atoms with Crippen LogP contribution in [0.2, 0.25) is 0 Å². The van der Waals surface area contributed by atoms with Gasteiger partial charge in [0.1, 0.15) is 0 Å². The Morgan fingerprint density at radius 3 is 2.53 bits per heavy atom. The number of rotatable bonds is 5. The Labute approximate surface area is 105 Å². The quantitative estimate of drug-likeness (QED) is 0.773. The fraction of sp³-hybridized carbons (Fsp3) is 0.923. The van der Waals surface area contributed by atoms with E-state index in [0.717, 1.165) is 25.8 Å². The van der Waals surface area contributed by atoms with E-state index in [4.69, 9.17) is 5.73 Å². The normalized spacial score (nSPS) is 18.4. The van der Waals surface area contributed by atoms with Gasteiger partial charge in [-0.2, -0.15) is 0 Å². The van der Waals surface area contributed by atoms with Crippen molar-refractivity contribution in [2.24, 2.45) is 11.7 Å². The van der Waals surface area contributed by atoms with Gasteiger partial charge in [0.15, 0.2) is 0 Å². The van der Waals surface area contributed by atoms with Crippen LogP contribution in [-0.2, 0) is 0 Å². The Bertz CT molecular complexity index is 237. The molecule has 1 atom stereocenters. The number of carbonyl (C=O) groups is 1. The van der Waals surface area contributed by atoms with Crippen LogP contribution in [0.1, 0.15) is 46.0 Å². The third kappa shape index (κ3) is 4.94. The van der Waals surface area contributed by atoms with E-state index in [1.807, 2.05) is 7.05 Å². The third-order valence-corrected chi connectivity index (χ3v) is 3.68. The van der Waals surface area contributed by atoms with E-state index in [2.05, 4.69) is 19.2 Å². The molecule has 1 aliphatic carbocycles. The molecule has 0 bridgehead atoms. The molecule has 17 heavy (non-hydrogen) atoms. The smallest absolute Gasteiger partial charge is 0.317 e. The average molecular weight is 241 g/mol. The first kappa shape index (κ1) is 14.3. The molecule has 1 unspecified atom stereocenters. The molecule has 0 radical (unpaired) electrons. The lowest BCUT2D eigenvalue weighted by Gasteiger charge is -2.23. The molecule has 4 nitrogen and oxygen atoms in total. The van der Waals surface area contributed by atoms with Gasteiger partial charge in [-0.05, 0) is 25.2 Å². The van der Waals surface area contributed by atoms with E-state index in [0.29, 0.717) is 12.0 Å². The van der Waals surface area contributed by atoms with Crippen LogP contribution in [0.15, 0.2) is 0 Å². The number of nitrogens with zero attached hydrogens (tertiary/aromatic N) is 1. The van der Waals surface area contributed by atoms with Gasteiger partial charge in [-0.3, -0.25) is 0 Å². The van der Waals surface area contributed by atoms with Crippen LogP contribution in [-0.4, -0.2) is 36.6 Å². The zero-order chi connectivity index (χ0) is 12.8. The number of urea groups is 1. The van der Waals surface area contributed by atoms with Crippen molar-refractivity contribution in [1.82, 2.24) is 10.2 Å². The molecular formula is C13H27N3O. The molecule has 0 aromatic heterocycles. The molecule has 0 aromatic carbocycles. The molecular weight excluding hydrogens is 214 g/mol. The highest BCUT2D eigenvalue weighted by Gasteiger charge is 2.19. The van der Waals surface area contributed by atoms with Crippen molar-refractivity contribution in [3.8, 4) is 0 Å². The van der Waals surface area contributed by atoms with Crippen molar-refractivity contribution in [1.29, 1.82) is 0 Å². The summed E-state index contributed by atoms with van der Waals surface area (Å²) in [7, 11) is 1.84. The molecule has 0 aliphatic heterocycles. The lowest BCUT2D eigenvalue weighted by atomic mass is 10.0. The Balaban J connectivity index is 2.21. The summed E-state index contributed by atoms with van der Waals surface area (Å²) >= 11 is 0. The van der Waals surface area contributed by atoms with Crippen LogP contribution < -0.4 is 11.1 Å². The van der Waals surface area contributed by atoms with Crippen LogP contribution in [0, 0.1) is 5.92 Å². The summed E-state index contributed by atoms with van der Waals surface area (Å²) in [4.78, 5) is 13.6. The van der Waals surface area contributed by atoms with Crippen LogP contribution in [0.3, 0.4) is 0 Å². The number of carbonyl (C=O) groups excluding carboxylic acids is 1. The molecule has 1 aliphatic rings. The second-order valence-corrected chi connectivity index (χ2v) is 5.55. The molecule has 0 spiro atoms. The van der Waals surface area contributed by atoms with Crippen LogP contribution >= 0.6 is 0 Å². The van der Waals surface area contributed by atoms with Crippen LogP contribution in [0.4, 0.5) is 4.79 Å². The lowest BCUT2D eigenvalue weighted by molar-refractivity contribution is 0.202. The van der Waals surface area contributed by atoms with Gasteiger partial charge in [-0.15, -0.1) is 0 Å². The summed E-state index contributed by atoms with van der Waals surface area (Å²) in [6.45, 7) is 4.96. The van der Waals surface area contributed by atoms with Gasteiger partial charge in [0.2, 0.25) is 0 Å². The minimum Gasteiger partial charge on any atom is -0.335 e. The SMILES string of the molecule is CC(C)C(N)CCN(C)C(=O)NC1CCCC1. The first-order chi connectivity index (χ1) is 8.00. The largest absolute Gasteiger partial charge is 0.335 e. The van der Waals surface area contributed by atoms with Crippen LogP contribution in [0.5, 0.6) is 0 Å². The molecule has 1 fully saturated rings. The van der Waals surface area contributed by atoms with E-state index in [-0.39, 0.29) is 12.1 Å². The van der Waals surface area contributed by atoms with E-state index in [9.17, 15) is 4.79 Å². The lowest BCUT2D eigenvalue weighted by Crippen LogP contribution is -2.43. The van der Waals surface area contributed by atoms with Crippen molar-refractivity contribution < 1.29 is 4.79 Å². The summed E-state index contributed by atoms with van der Waals surface area (Å²) < 4.78 is 0. The summed E-state index contributed by atoms with van der Waals surface area (Å²) in [6.07, 6.45) is 5.61. The van der Waals surface area contributed by atoms with Crippen molar-refractivity contribution in [3.05, 3.63) is 0 Å². The van der Waals surface area contributed by atoms with Crippen molar-refractivity contribution in [2.45, 2.75) is 58.0 Å². The zero-order valence-corrected chi connectivity index (χ0v) is 11.4. The number of hydrogen-bond acceptors (Lipinski definition) is 2. The van der Waals surface area contributed by atoms with Gasteiger partial charge >= 0.3 is 6.03 Å². The third-order valence-electron chi connectivity index (χ3n) is 3.68. The summed E-state index contributed by atoms with van der Waals surface area (Å²) in [6, 6.07) is 0.619. The fourth-order valence-electron chi connectivity index (χ4n) is 2.13. The standard InChI is InChI=1S/C13H27N3O/c1-10(2)12(14)8-9-16(3)13(17)15-11-6-4-5-7-11/h10-12H,4-9,14H2,1-3H3,(H,15,17). The van der Waals surface area contributed by atoms with Crippen molar-refractivity contribution in [2.75, 3.05) is 13.6 Å². The highest BCUT2D eigenvalue weighted by molar-refractivity contribution is 5.74. The van der Waals surface area contributed by atoms with Gasteiger partial charge in [0.05, 0.1) is 0 Å². The van der Waals surface area contributed by atoms with Crippen molar-refractivity contribution >= 4 is 6.03 Å². The van der Waals surface area contributed by atoms with Crippen LogP contribution in [0.25, 0.3) is 0 Å². The van der Waals surface area contributed by atoms with Gasteiger partial charge < -0.3 is 16.0 Å². The highest BCUT2D eigenvalue weighted by atomic mass is 16.2. The summed E-state index contributed by atoms with van der Waals surface area (Å²) in [5.74, 6) is 0.473. The van der Waals surface area contributed by atoms with Gasteiger partial charge in [0.25, 0.3) is 0 Å². The maximum atomic E-state index is 11.9. The fourth-order valence-corrected chi connectivity index (χ4v) is 2.13. The minimum atomic E-state index is 0.0489. The molecule has 100 valence electrons. The van der Waals surface area contributed by atoms with Gasteiger partial charge in [-0.25, -0.2) is 4.79 Å². The Morgan fingerprint density at radius 2 is 2.00 bits per heavy atom. The monoisotopic (exact) mass is 241 g/mol. The summed E-state index contributed by atoms with van der Waals surface area (Å²) in [5.41, 5.74) is 5.97. The Kier molecular flexibility index (Phi) is 5.75. The van der Waals surface area contributed by atoms with Gasteiger partial charge in [-0.1, -0.05) is 26.7 Å². The summed E-state index contributed by atoms with van der Waals surface area (Å²) in [5, 5.41) is 3.08. The second kappa shape index (κ2) is 6.84. The molecule has 2 amide bonds. The molecule has 0 heterocycles. The first-order valence-corrected chi connectivity index (χ1v) is 6.78. The predicted octanol–water partition coefficient (Wildman–Crippen LogP) is 1.94. The number of hydrogen-bond donors (Lipinski definition) is 2. The zero-order valence-electron chi connectivity index (χ0n) is 11.4. The minimum absolute atomic E-state index is 0.0489. The molecule has 0 aromatic rings. The molecule has 3 N–H and O–H groups in total. The first-order valence-electron chi connectivity index (χ1n) is 6.78. The van der Waals surface area contributed by atoms with Gasteiger partial charge in [0, 0.05) is 25.7 Å². The average Bonchev–Trinajstić information content (AvgIpc) is 2.77. The Morgan fingerprint density at radius 1 is 1.41 bits per heavy atom. The van der Waals surface area contributed by atoms with E-state index in [1.54, 1.807) is 4.90 Å². The molecule has 1 rings (SSSR count). The van der Waals surface area contributed by atoms with Crippen molar-refractivity contribution in [3.63, 3.8) is 0 Å². The van der Waals surface area contributed by atoms with E-state index >= 15 is 0 Å². The maximum absolute atomic E-state index is 11.9. The topological polar surface area (TPSA) is 58.4 Å². The van der Waals surface area contributed by atoms with E-state index < -0.39 is 0 Å². The second-order valence-electron chi connectivity index (χ2n) is 5.55. The highest BCUT2D eigenvalue weighted by Crippen LogP contribution is 2.17. The number of nitrogens with two attached hydrogens (primary N) is 1. The molecule has 1 saturated carbocycles. The number of nitrogens with one attached hydrogen (secondary N) is 1. The molecule has 0 saturated heterocycles. The maximum Gasteiger partial charge on any atom is 0.317 e. The van der Waals surface area contributed by atoms with E-state index in [1.165, 1.54) is 12.8 Å².